The highest BCUT2D eigenvalue weighted by Gasteiger charge is 2.12. The van der Waals surface area contributed by atoms with Gasteiger partial charge in [0.1, 0.15) is 0 Å². The number of hydrogen-bond donors (Lipinski definition) is 4. The van der Waals surface area contributed by atoms with E-state index >= 15 is 0 Å². The van der Waals surface area contributed by atoms with Crippen LogP contribution in [0, 0.1) is 5.92 Å². The molecule has 2 rings (SSSR count). The molecule has 9 heteroatoms. The molecule has 0 atom stereocenters. The van der Waals surface area contributed by atoms with E-state index in [0.717, 1.165) is 0 Å². The van der Waals surface area contributed by atoms with Crippen molar-refractivity contribution in [2.24, 2.45) is 5.92 Å². The number of hydrogen-bond acceptors (Lipinski definition) is 4. The largest absolute Gasteiger partial charge is 0.326 e. The van der Waals surface area contributed by atoms with Gasteiger partial charge in [-0.2, -0.15) is 0 Å². The van der Waals surface area contributed by atoms with Gasteiger partial charge in [0.05, 0.1) is 5.56 Å². The summed E-state index contributed by atoms with van der Waals surface area (Å²) in [5.41, 5.74) is 6.25. The van der Waals surface area contributed by atoms with Crippen LogP contribution in [0.5, 0.6) is 0 Å². The van der Waals surface area contributed by atoms with Crippen LogP contribution in [0.25, 0.3) is 0 Å². The standard InChI is InChI=1S/C19H19BrN4O3S/c1-11(2)16(25)21-13-9-7-12(8-10-13)17(26)23-24-19(28)22-18(27)14-5-3-4-6-15(14)20/h3-11H,1-2H3,(H,21,25)(H,23,26)(H2,22,24,27,28). The Kier molecular flexibility index (Phi) is 7.65. The van der Waals surface area contributed by atoms with Gasteiger partial charge in [0.15, 0.2) is 5.11 Å². The maximum atomic E-state index is 12.2. The predicted octanol–water partition coefficient (Wildman–Crippen LogP) is 2.99. The van der Waals surface area contributed by atoms with Crippen LogP contribution in [0.3, 0.4) is 0 Å². The van der Waals surface area contributed by atoms with Crippen LogP contribution in [0.15, 0.2) is 53.0 Å². The van der Waals surface area contributed by atoms with Crippen LogP contribution in [0.4, 0.5) is 5.69 Å². The average Bonchev–Trinajstić information content (AvgIpc) is 2.66. The Balaban J connectivity index is 1.86. The Bertz CT molecular complexity index is 900. The van der Waals surface area contributed by atoms with E-state index in [0.29, 0.717) is 21.3 Å². The van der Waals surface area contributed by atoms with Gasteiger partial charge in [0.25, 0.3) is 11.8 Å². The fourth-order valence-electron chi connectivity index (χ4n) is 2.02. The normalized spacial score (nSPS) is 10.1. The second-order valence-electron chi connectivity index (χ2n) is 6.06. The molecule has 0 fully saturated rings. The number of hydrazine groups is 1. The molecule has 146 valence electrons. The van der Waals surface area contributed by atoms with E-state index in [1.54, 1.807) is 62.4 Å². The minimum absolute atomic E-state index is 0.0464. The van der Waals surface area contributed by atoms with Gasteiger partial charge in [-0.1, -0.05) is 26.0 Å². The van der Waals surface area contributed by atoms with E-state index in [2.05, 4.69) is 37.4 Å². The number of benzene rings is 2. The van der Waals surface area contributed by atoms with E-state index < -0.39 is 11.8 Å². The van der Waals surface area contributed by atoms with Gasteiger partial charge in [-0.15, -0.1) is 0 Å². The Morgan fingerprint density at radius 3 is 2.18 bits per heavy atom. The third-order valence-electron chi connectivity index (χ3n) is 3.57. The van der Waals surface area contributed by atoms with Gasteiger partial charge >= 0.3 is 0 Å². The summed E-state index contributed by atoms with van der Waals surface area (Å²) in [5.74, 6) is -1.10. The SMILES string of the molecule is CC(C)C(=O)Nc1ccc(C(=O)NNC(=S)NC(=O)c2ccccc2Br)cc1. The van der Waals surface area contributed by atoms with Crippen molar-refractivity contribution < 1.29 is 14.4 Å². The van der Waals surface area contributed by atoms with Gasteiger partial charge < -0.3 is 5.32 Å². The first kappa shape index (κ1) is 21.5. The summed E-state index contributed by atoms with van der Waals surface area (Å²) in [6.07, 6.45) is 0. The first-order chi connectivity index (χ1) is 13.3. The number of nitrogens with one attached hydrogen (secondary N) is 4. The highest BCUT2D eigenvalue weighted by Crippen LogP contribution is 2.15. The van der Waals surface area contributed by atoms with Gasteiger partial charge in [0, 0.05) is 21.6 Å². The summed E-state index contributed by atoms with van der Waals surface area (Å²) >= 11 is 8.30. The van der Waals surface area contributed by atoms with Gasteiger partial charge in [-0.25, -0.2) is 0 Å². The monoisotopic (exact) mass is 462 g/mol. The zero-order valence-electron chi connectivity index (χ0n) is 15.2. The number of anilines is 1. The molecule has 28 heavy (non-hydrogen) atoms. The maximum absolute atomic E-state index is 12.2. The van der Waals surface area contributed by atoms with Gasteiger partial charge in [-0.3, -0.25) is 30.6 Å². The molecule has 0 saturated heterocycles. The quantitative estimate of drug-likeness (QED) is 0.413. The molecule has 3 amide bonds. The Morgan fingerprint density at radius 2 is 1.57 bits per heavy atom. The van der Waals surface area contributed by atoms with Crippen molar-refractivity contribution in [1.82, 2.24) is 16.2 Å². The molecule has 0 aromatic heterocycles. The van der Waals surface area contributed by atoms with Crippen LogP contribution >= 0.6 is 28.1 Å². The summed E-state index contributed by atoms with van der Waals surface area (Å²) in [4.78, 5) is 36.0. The van der Waals surface area contributed by atoms with Crippen molar-refractivity contribution in [3.63, 3.8) is 0 Å². The molecule has 0 heterocycles. The van der Waals surface area contributed by atoms with Crippen LogP contribution in [-0.4, -0.2) is 22.8 Å². The van der Waals surface area contributed by atoms with Crippen molar-refractivity contribution in [3.8, 4) is 0 Å². The highest BCUT2D eigenvalue weighted by molar-refractivity contribution is 9.10. The zero-order valence-corrected chi connectivity index (χ0v) is 17.6. The minimum Gasteiger partial charge on any atom is -0.326 e. The molecule has 0 aliphatic carbocycles. The molecule has 0 unspecified atom stereocenters. The minimum atomic E-state index is -0.445. The van der Waals surface area contributed by atoms with Crippen molar-refractivity contribution in [2.45, 2.75) is 13.8 Å². The summed E-state index contributed by atoms with van der Waals surface area (Å²) in [5, 5.41) is 5.17. The Morgan fingerprint density at radius 1 is 0.929 bits per heavy atom. The van der Waals surface area contributed by atoms with Crippen molar-refractivity contribution >= 4 is 56.7 Å². The first-order valence-corrected chi connectivity index (χ1v) is 9.55. The molecule has 4 N–H and O–H groups in total. The van der Waals surface area contributed by atoms with Crippen LogP contribution in [0.1, 0.15) is 34.6 Å². The molecule has 0 radical (unpaired) electrons. The molecule has 2 aromatic rings. The van der Waals surface area contributed by atoms with E-state index in [1.807, 2.05) is 0 Å². The first-order valence-electron chi connectivity index (χ1n) is 8.35. The molecule has 0 aliphatic heterocycles. The number of carbonyl (C=O) groups is 3. The number of rotatable bonds is 4. The number of amides is 3. The van der Waals surface area contributed by atoms with Gasteiger partial charge in [-0.05, 0) is 64.5 Å². The molecule has 7 nitrogen and oxygen atoms in total. The molecular formula is C19H19BrN4O3S. The lowest BCUT2D eigenvalue weighted by atomic mass is 10.1. The fourth-order valence-corrected chi connectivity index (χ4v) is 2.63. The maximum Gasteiger partial charge on any atom is 0.269 e. The molecule has 0 spiro atoms. The number of thiocarbonyl (C=S) groups is 1. The lowest BCUT2D eigenvalue weighted by Crippen LogP contribution is -2.48. The fraction of sp³-hybridized carbons (Fsp3) is 0.158. The Hall–Kier alpha value is -2.78. The predicted molar refractivity (Wildman–Crippen MR) is 115 cm³/mol. The highest BCUT2D eigenvalue weighted by atomic mass is 79.9. The zero-order chi connectivity index (χ0) is 20.7. The van der Waals surface area contributed by atoms with Crippen molar-refractivity contribution in [1.29, 1.82) is 0 Å². The van der Waals surface area contributed by atoms with E-state index in [1.165, 1.54) is 0 Å². The molecule has 2 aromatic carbocycles. The molecule has 0 aliphatic rings. The third-order valence-corrected chi connectivity index (χ3v) is 4.47. The number of halogens is 1. The van der Waals surface area contributed by atoms with Crippen molar-refractivity contribution in [2.75, 3.05) is 5.32 Å². The summed E-state index contributed by atoms with van der Waals surface area (Å²) < 4.78 is 0.629. The summed E-state index contributed by atoms with van der Waals surface area (Å²) in [6.45, 7) is 3.59. The van der Waals surface area contributed by atoms with E-state index in [4.69, 9.17) is 12.2 Å². The van der Waals surface area contributed by atoms with E-state index in [-0.39, 0.29) is 16.9 Å². The number of carbonyl (C=O) groups excluding carboxylic acids is 3. The van der Waals surface area contributed by atoms with Crippen LogP contribution in [-0.2, 0) is 4.79 Å². The average molecular weight is 463 g/mol. The van der Waals surface area contributed by atoms with Crippen molar-refractivity contribution in [3.05, 3.63) is 64.1 Å². The van der Waals surface area contributed by atoms with E-state index in [9.17, 15) is 14.4 Å². The molecular weight excluding hydrogens is 444 g/mol. The second-order valence-corrected chi connectivity index (χ2v) is 7.33. The third kappa shape index (κ3) is 6.14. The summed E-state index contributed by atoms with van der Waals surface area (Å²) in [7, 11) is 0. The van der Waals surface area contributed by atoms with Crippen LogP contribution in [0.2, 0.25) is 0 Å². The van der Waals surface area contributed by atoms with Crippen LogP contribution < -0.4 is 21.5 Å². The topological polar surface area (TPSA) is 99.3 Å². The second kappa shape index (κ2) is 9.95. The smallest absolute Gasteiger partial charge is 0.269 e. The lowest BCUT2D eigenvalue weighted by Gasteiger charge is -2.12. The summed E-state index contributed by atoms with van der Waals surface area (Å²) in [6, 6.07) is 13.3. The molecule has 0 bridgehead atoms. The van der Waals surface area contributed by atoms with Gasteiger partial charge in [0.2, 0.25) is 5.91 Å². The molecule has 0 saturated carbocycles. The Labute approximate surface area is 176 Å². The lowest BCUT2D eigenvalue weighted by molar-refractivity contribution is -0.118.